The Balaban J connectivity index is 1.52. The number of thiophene rings is 1. The van der Waals surface area contributed by atoms with Crippen LogP contribution in [0.5, 0.6) is 0 Å². The molecule has 1 aliphatic carbocycles. The monoisotopic (exact) mass is 328 g/mol. The standard InChI is InChI=1S/C19H24N2OS/c1-13-6-5-8-17(14(13)2)21-19(22)20-11-10-15-12-23-18-9-4-3-7-16(15)18/h5-6,8,12H,3-4,7,9-11H2,1-2H3,(H2,20,21,22). The average molecular weight is 328 g/mol. The Kier molecular flexibility index (Phi) is 5.01. The van der Waals surface area contributed by atoms with E-state index in [1.807, 2.05) is 30.4 Å². The van der Waals surface area contributed by atoms with Crippen LogP contribution in [0.1, 0.15) is 40.0 Å². The Morgan fingerprint density at radius 1 is 1.22 bits per heavy atom. The molecule has 2 amide bonds. The molecule has 0 aliphatic heterocycles. The van der Waals surface area contributed by atoms with Crippen molar-refractivity contribution in [2.45, 2.75) is 46.0 Å². The number of nitrogens with one attached hydrogen (secondary N) is 2. The van der Waals surface area contributed by atoms with Crippen LogP contribution in [0.3, 0.4) is 0 Å². The summed E-state index contributed by atoms with van der Waals surface area (Å²) in [6.07, 6.45) is 6.00. The van der Waals surface area contributed by atoms with E-state index in [-0.39, 0.29) is 6.03 Å². The van der Waals surface area contributed by atoms with E-state index in [2.05, 4.69) is 29.0 Å². The highest BCUT2D eigenvalue weighted by molar-refractivity contribution is 7.10. The van der Waals surface area contributed by atoms with Gasteiger partial charge in [0, 0.05) is 17.1 Å². The number of rotatable bonds is 4. The SMILES string of the molecule is Cc1cccc(NC(=O)NCCc2csc3c2CCCC3)c1C. The Hall–Kier alpha value is -1.81. The molecule has 2 N–H and O–H groups in total. The number of hydrogen-bond acceptors (Lipinski definition) is 2. The van der Waals surface area contributed by atoms with Crippen LogP contribution in [0.2, 0.25) is 0 Å². The van der Waals surface area contributed by atoms with Gasteiger partial charge in [-0.3, -0.25) is 0 Å². The highest BCUT2D eigenvalue weighted by atomic mass is 32.1. The van der Waals surface area contributed by atoms with Crippen molar-refractivity contribution in [2.24, 2.45) is 0 Å². The lowest BCUT2D eigenvalue weighted by atomic mass is 9.95. The molecule has 0 atom stereocenters. The van der Waals surface area contributed by atoms with Gasteiger partial charge in [-0.2, -0.15) is 0 Å². The molecule has 3 nitrogen and oxygen atoms in total. The summed E-state index contributed by atoms with van der Waals surface area (Å²) in [5.41, 5.74) is 6.17. The van der Waals surface area contributed by atoms with Gasteiger partial charge in [0.05, 0.1) is 0 Å². The lowest BCUT2D eigenvalue weighted by molar-refractivity contribution is 0.252. The highest BCUT2D eigenvalue weighted by Gasteiger charge is 2.15. The average Bonchev–Trinajstić information content (AvgIpc) is 2.95. The summed E-state index contributed by atoms with van der Waals surface area (Å²) >= 11 is 1.89. The molecule has 1 aromatic carbocycles. The van der Waals surface area contributed by atoms with Gasteiger partial charge in [0.2, 0.25) is 0 Å². The first-order valence-corrected chi connectivity index (χ1v) is 9.22. The first-order valence-electron chi connectivity index (χ1n) is 8.34. The fraction of sp³-hybridized carbons (Fsp3) is 0.421. The number of urea groups is 1. The predicted molar refractivity (Wildman–Crippen MR) is 97.6 cm³/mol. The molecular weight excluding hydrogens is 304 g/mol. The largest absolute Gasteiger partial charge is 0.338 e. The van der Waals surface area contributed by atoms with E-state index in [0.29, 0.717) is 6.54 Å². The lowest BCUT2D eigenvalue weighted by Gasteiger charge is -2.14. The minimum absolute atomic E-state index is 0.122. The Bertz CT molecular complexity index is 705. The molecule has 4 heteroatoms. The van der Waals surface area contributed by atoms with Crippen LogP contribution >= 0.6 is 11.3 Å². The van der Waals surface area contributed by atoms with Crippen molar-refractivity contribution >= 4 is 23.1 Å². The minimum Gasteiger partial charge on any atom is -0.338 e. The van der Waals surface area contributed by atoms with Crippen molar-refractivity contribution in [1.82, 2.24) is 5.32 Å². The molecule has 122 valence electrons. The third-order valence-corrected chi connectivity index (χ3v) is 5.82. The molecule has 0 spiro atoms. The van der Waals surface area contributed by atoms with Gasteiger partial charge >= 0.3 is 6.03 Å². The summed E-state index contributed by atoms with van der Waals surface area (Å²) in [6.45, 7) is 4.76. The van der Waals surface area contributed by atoms with Gasteiger partial charge in [-0.25, -0.2) is 4.79 Å². The summed E-state index contributed by atoms with van der Waals surface area (Å²) in [6, 6.07) is 5.84. The van der Waals surface area contributed by atoms with Crippen LogP contribution < -0.4 is 10.6 Å². The van der Waals surface area contributed by atoms with E-state index in [4.69, 9.17) is 0 Å². The number of hydrogen-bond donors (Lipinski definition) is 2. The van der Waals surface area contributed by atoms with Gasteiger partial charge in [0.15, 0.2) is 0 Å². The van der Waals surface area contributed by atoms with Crippen molar-refractivity contribution in [3.8, 4) is 0 Å². The smallest absolute Gasteiger partial charge is 0.319 e. The lowest BCUT2D eigenvalue weighted by Crippen LogP contribution is -2.30. The number of fused-ring (bicyclic) bond motifs is 1. The zero-order chi connectivity index (χ0) is 16.2. The van der Waals surface area contributed by atoms with E-state index in [9.17, 15) is 4.79 Å². The van der Waals surface area contributed by atoms with E-state index < -0.39 is 0 Å². The van der Waals surface area contributed by atoms with E-state index >= 15 is 0 Å². The third kappa shape index (κ3) is 3.75. The summed E-state index contributed by atoms with van der Waals surface area (Å²) in [5.74, 6) is 0. The first kappa shape index (κ1) is 16.1. The van der Waals surface area contributed by atoms with Gasteiger partial charge in [-0.1, -0.05) is 12.1 Å². The molecule has 0 radical (unpaired) electrons. The van der Waals surface area contributed by atoms with Crippen LogP contribution in [0.15, 0.2) is 23.6 Å². The van der Waals surface area contributed by atoms with Crippen molar-refractivity contribution in [1.29, 1.82) is 0 Å². The number of carbonyl (C=O) groups excluding carboxylic acids is 1. The second-order valence-corrected chi connectivity index (χ2v) is 7.21. The molecule has 1 aliphatic rings. The molecule has 23 heavy (non-hydrogen) atoms. The summed E-state index contributed by atoms with van der Waals surface area (Å²) in [5, 5.41) is 8.20. The van der Waals surface area contributed by atoms with Gasteiger partial charge in [0.1, 0.15) is 0 Å². The molecule has 1 heterocycles. The van der Waals surface area contributed by atoms with Crippen LogP contribution in [-0.4, -0.2) is 12.6 Å². The Labute approximate surface area is 142 Å². The van der Waals surface area contributed by atoms with E-state index in [1.54, 1.807) is 10.4 Å². The zero-order valence-electron chi connectivity index (χ0n) is 13.9. The maximum atomic E-state index is 12.1. The van der Waals surface area contributed by atoms with Gasteiger partial charge in [-0.15, -0.1) is 11.3 Å². The fourth-order valence-corrected chi connectivity index (χ4v) is 4.32. The van der Waals surface area contributed by atoms with Gasteiger partial charge in [-0.05, 0) is 79.7 Å². The molecule has 0 fully saturated rings. The van der Waals surface area contributed by atoms with Crippen LogP contribution in [0.4, 0.5) is 10.5 Å². The first-order chi connectivity index (χ1) is 11.1. The molecule has 0 bridgehead atoms. The molecule has 0 saturated carbocycles. The van der Waals surface area contributed by atoms with Crippen LogP contribution in [0, 0.1) is 13.8 Å². The van der Waals surface area contributed by atoms with Gasteiger partial charge < -0.3 is 10.6 Å². The zero-order valence-corrected chi connectivity index (χ0v) is 14.7. The molecule has 1 aromatic heterocycles. The highest BCUT2D eigenvalue weighted by Crippen LogP contribution is 2.30. The second-order valence-electron chi connectivity index (χ2n) is 6.25. The number of benzene rings is 1. The third-order valence-electron chi connectivity index (χ3n) is 4.68. The van der Waals surface area contributed by atoms with Crippen LogP contribution in [0.25, 0.3) is 0 Å². The summed E-state index contributed by atoms with van der Waals surface area (Å²) < 4.78 is 0. The van der Waals surface area contributed by atoms with Crippen molar-refractivity contribution in [2.75, 3.05) is 11.9 Å². The molecule has 2 aromatic rings. The summed E-state index contributed by atoms with van der Waals surface area (Å²) in [7, 11) is 0. The Morgan fingerprint density at radius 3 is 2.91 bits per heavy atom. The molecule has 0 saturated heterocycles. The number of anilines is 1. The molecule has 3 rings (SSSR count). The topological polar surface area (TPSA) is 41.1 Å². The van der Waals surface area contributed by atoms with Crippen molar-refractivity contribution in [3.63, 3.8) is 0 Å². The maximum absolute atomic E-state index is 12.1. The van der Waals surface area contributed by atoms with Gasteiger partial charge in [0.25, 0.3) is 0 Å². The normalized spacial score (nSPS) is 13.5. The van der Waals surface area contributed by atoms with Crippen LogP contribution in [-0.2, 0) is 19.3 Å². The summed E-state index contributed by atoms with van der Waals surface area (Å²) in [4.78, 5) is 13.6. The molecule has 0 unspecified atom stereocenters. The number of aryl methyl sites for hydroxylation is 2. The second kappa shape index (κ2) is 7.18. The predicted octanol–water partition coefficient (Wildman–Crippen LogP) is 4.61. The Morgan fingerprint density at radius 2 is 2.04 bits per heavy atom. The number of carbonyl (C=O) groups is 1. The van der Waals surface area contributed by atoms with E-state index in [1.165, 1.54) is 36.8 Å². The minimum atomic E-state index is -0.122. The van der Waals surface area contributed by atoms with Crippen molar-refractivity contribution < 1.29 is 4.79 Å². The molecular formula is C19H24N2OS. The number of amides is 2. The quantitative estimate of drug-likeness (QED) is 0.845. The van der Waals surface area contributed by atoms with E-state index in [0.717, 1.165) is 17.7 Å². The fourth-order valence-electron chi connectivity index (χ4n) is 3.13. The van der Waals surface area contributed by atoms with Crippen molar-refractivity contribution in [3.05, 3.63) is 50.7 Å². The maximum Gasteiger partial charge on any atom is 0.319 e.